The van der Waals surface area contributed by atoms with Crippen molar-refractivity contribution in [1.82, 2.24) is 5.32 Å². The predicted molar refractivity (Wildman–Crippen MR) is 71.2 cm³/mol. The van der Waals surface area contributed by atoms with Crippen molar-refractivity contribution in [3.05, 3.63) is 22.4 Å². The highest BCUT2D eigenvalue weighted by molar-refractivity contribution is 7.09. The van der Waals surface area contributed by atoms with Gasteiger partial charge in [0, 0.05) is 24.6 Å². The van der Waals surface area contributed by atoms with Crippen molar-refractivity contribution in [3.63, 3.8) is 0 Å². The minimum absolute atomic E-state index is 0.626. The Morgan fingerprint density at radius 2 is 2.31 bits per heavy atom. The van der Waals surface area contributed by atoms with Crippen molar-refractivity contribution in [2.24, 2.45) is 0 Å². The van der Waals surface area contributed by atoms with Crippen LogP contribution in [0.25, 0.3) is 0 Å². The molecular weight excluding hydrogens is 218 g/mol. The van der Waals surface area contributed by atoms with Gasteiger partial charge in [-0.3, -0.25) is 0 Å². The Labute approximate surface area is 103 Å². The average Bonchev–Trinajstić information content (AvgIpc) is 2.80. The fourth-order valence-corrected chi connectivity index (χ4v) is 2.50. The van der Waals surface area contributed by atoms with Crippen molar-refractivity contribution >= 4 is 11.3 Å². The summed E-state index contributed by atoms with van der Waals surface area (Å²) in [6.07, 6.45) is 4.72. The summed E-state index contributed by atoms with van der Waals surface area (Å²) in [6, 6.07) is 4.98. The van der Waals surface area contributed by atoms with Gasteiger partial charge in [-0.15, -0.1) is 11.3 Å². The van der Waals surface area contributed by atoms with Crippen molar-refractivity contribution < 1.29 is 4.74 Å². The number of hydrogen-bond acceptors (Lipinski definition) is 3. The summed E-state index contributed by atoms with van der Waals surface area (Å²) in [5.41, 5.74) is 0. The van der Waals surface area contributed by atoms with E-state index in [4.69, 9.17) is 4.74 Å². The van der Waals surface area contributed by atoms with Gasteiger partial charge in [0.15, 0.2) is 0 Å². The minimum Gasteiger partial charge on any atom is -0.385 e. The largest absolute Gasteiger partial charge is 0.385 e. The maximum Gasteiger partial charge on any atom is 0.0462 e. The molecule has 0 aromatic carbocycles. The third kappa shape index (κ3) is 5.64. The summed E-state index contributed by atoms with van der Waals surface area (Å²) >= 11 is 1.85. The van der Waals surface area contributed by atoms with Crippen molar-refractivity contribution in [1.29, 1.82) is 0 Å². The van der Waals surface area contributed by atoms with E-state index in [1.54, 1.807) is 7.11 Å². The molecule has 0 aliphatic heterocycles. The molecule has 0 amide bonds. The first-order valence-electron chi connectivity index (χ1n) is 6.11. The van der Waals surface area contributed by atoms with Gasteiger partial charge >= 0.3 is 0 Å². The third-order valence-electron chi connectivity index (χ3n) is 2.73. The first-order chi connectivity index (χ1) is 7.86. The second-order valence-electron chi connectivity index (χ2n) is 4.04. The lowest BCUT2D eigenvalue weighted by Gasteiger charge is -2.15. The topological polar surface area (TPSA) is 21.3 Å². The van der Waals surface area contributed by atoms with E-state index in [0.717, 1.165) is 19.6 Å². The van der Waals surface area contributed by atoms with Gasteiger partial charge in [0.25, 0.3) is 0 Å². The lowest BCUT2D eigenvalue weighted by Crippen LogP contribution is -2.31. The molecule has 2 nitrogen and oxygen atoms in total. The first kappa shape index (κ1) is 13.7. The van der Waals surface area contributed by atoms with Crippen LogP contribution >= 0.6 is 11.3 Å². The monoisotopic (exact) mass is 241 g/mol. The van der Waals surface area contributed by atoms with E-state index in [1.165, 1.54) is 24.1 Å². The first-order valence-corrected chi connectivity index (χ1v) is 6.99. The Balaban J connectivity index is 2.12. The van der Waals surface area contributed by atoms with E-state index >= 15 is 0 Å². The molecule has 0 aliphatic rings. The van der Waals surface area contributed by atoms with Crippen LogP contribution in [-0.4, -0.2) is 26.3 Å². The standard InChI is InChI=1S/C13H23NOS/c1-3-12(11-13-7-6-10-16-13)14-8-4-5-9-15-2/h6-7,10,12,14H,3-5,8-9,11H2,1-2H3. The second-order valence-corrected chi connectivity index (χ2v) is 5.07. The summed E-state index contributed by atoms with van der Waals surface area (Å²) in [6.45, 7) is 4.23. The molecule has 1 heterocycles. The van der Waals surface area contributed by atoms with Gasteiger partial charge in [-0.2, -0.15) is 0 Å². The summed E-state index contributed by atoms with van der Waals surface area (Å²) in [7, 11) is 1.76. The van der Waals surface area contributed by atoms with E-state index in [9.17, 15) is 0 Å². The number of methoxy groups -OCH3 is 1. The Hall–Kier alpha value is -0.380. The highest BCUT2D eigenvalue weighted by Gasteiger charge is 2.06. The van der Waals surface area contributed by atoms with Crippen LogP contribution in [0.5, 0.6) is 0 Å². The fraction of sp³-hybridized carbons (Fsp3) is 0.692. The van der Waals surface area contributed by atoms with Gasteiger partial charge in [0.1, 0.15) is 0 Å². The maximum atomic E-state index is 5.03. The Morgan fingerprint density at radius 3 is 2.94 bits per heavy atom. The molecule has 1 aromatic heterocycles. The number of nitrogens with one attached hydrogen (secondary N) is 1. The van der Waals surface area contributed by atoms with E-state index in [1.807, 2.05) is 11.3 Å². The summed E-state index contributed by atoms with van der Waals surface area (Å²) in [4.78, 5) is 1.48. The van der Waals surface area contributed by atoms with Gasteiger partial charge in [0.2, 0.25) is 0 Å². The van der Waals surface area contributed by atoms with Crippen molar-refractivity contribution in [3.8, 4) is 0 Å². The van der Waals surface area contributed by atoms with Crippen LogP contribution in [0, 0.1) is 0 Å². The van der Waals surface area contributed by atoms with Crippen LogP contribution in [0.3, 0.4) is 0 Å². The zero-order chi connectivity index (χ0) is 11.6. The second kappa shape index (κ2) is 8.74. The molecular formula is C13H23NOS. The molecule has 3 heteroatoms. The summed E-state index contributed by atoms with van der Waals surface area (Å²) < 4.78 is 5.03. The number of ether oxygens (including phenoxy) is 1. The van der Waals surface area contributed by atoms with E-state index in [-0.39, 0.29) is 0 Å². The molecule has 0 radical (unpaired) electrons. The van der Waals surface area contributed by atoms with E-state index < -0.39 is 0 Å². The number of hydrogen-bond donors (Lipinski definition) is 1. The average molecular weight is 241 g/mol. The zero-order valence-corrected chi connectivity index (χ0v) is 11.2. The minimum atomic E-state index is 0.626. The van der Waals surface area contributed by atoms with Crippen molar-refractivity contribution in [2.45, 2.75) is 38.6 Å². The summed E-state index contributed by atoms with van der Waals surface area (Å²) in [5.74, 6) is 0. The van der Waals surface area contributed by atoms with Crippen LogP contribution in [0.15, 0.2) is 17.5 Å². The quantitative estimate of drug-likeness (QED) is 0.671. The SMILES string of the molecule is CCC(Cc1cccs1)NCCCCOC. The molecule has 1 aromatic rings. The number of rotatable bonds is 9. The molecule has 0 aliphatic carbocycles. The molecule has 0 spiro atoms. The number of thiophene rings is 1. The van der Waals surface area contributed by atoms with Gasteiger partial charge in [0.05, 0.1) is 0 Å². The molecule has 1 atom stereocenters. The highest BCUT2D eigenvalue weighted by atomic mass is 32.1. The van der Waals surface area contributed by atoms with Crippen LogP contribution in [0.1, 0.15) is 31.1 Å². The molecule has 1 unspecified atom stereocenters. The number of unbranched alkanes of at least 4 members (excludes halogenated alkanes) is 1. The summed E-state index contributed by atoms with van der Waals surface area (Å²) in [5, 5.41) is 5.77. The lowest BCUT2D eigenvalue weighted by atomic mass is 10.1. The highest BCUT2D eigenvalue weighted by Crippen LogP contribution is 2.12. The van der Waals surface area contributed by atoms with Gasteiger partial charge in [-0.25, -0.2) is 0 Å². The Kier molecular flexibility index (Phi) is 7.47. The fourth-order valence-electron chi connectivity index (χ4n) is 1.71. The lowest BCUT2D eigenvalue weighted by molar-refractivity contribution is 0.192. The van der Waals surface area contributed by atoms with Crippen LogP contribution < -0.4 is 5.32 Å². The molecule has 16 heavy (non-hydrogen) atoms. The van der Waals surface area contributed by atoms with Crippen LogP contribution in [0.2, 0.25) is 0 Å². The zero-order valence-electron chi connectivity index (χ0n) is 10.4. The van der Waals surface area contributed by atoms with Gasteiger partial charge in [-0.05, 0) is 43.7 Å². The molecule has 0 fully saturated rings. The van der Waals surface area contributed by atoms with Crippen molar-refractivity contribution in [2.75, 3.05) is 20.3 Å². The van der Waals surface area contributed by atoms with E-state index in [2.05, 4.69) is 29.8 Å². The van der Waals surface area contributed by atoms with Gasteiger partial charge < -0.3 is 10.1 Å². The molecule has 0 saturated carbocycles. The molecule has 1 rings (SSSR count). The van der Waals surface area contributed by atoms with Crippen LogP contribution in [-0.2, 0) is 11.2 Å². The molecule has 0 bridgehead atoms. The Bertz CT molecular complexity index is 248. The van der Waals surface area contributed by atoms with E-state index in [0.29, 0.717) is 6.04 Å². The molecule has 1 N–H and O–H groups in total. The van der Waals surface area contributed by atoms with Gasteiger partial charge in [-0.1, -0.05) is 13.0 Å². The maximum absolute atomic E-state index is 5.03. The third-order valence-corrected chi connectivity index (χ3v) is 3.63. The molecule has 92 valence electrons. The normalized spacial score (nSPS) is 12.9. The molecule has 0 saturated heterocycles. The predicted octanol–water partition coefficient (Wildman–Crippen LogP) is 3.09. The van der Waals surface area contributed by atoms with Crippen LogP contribution in [0.4, 0.5) is 0 Å². The smallest absolute Gasteiger partial charge is 0.0462 e. The Morgan fingerprint density at radius 1 is 1.44 bits per heavy atom.